The molecule has 0 aliphatic heterocycles. The number of fused-ring (bicyclic) bond motifs is 1. The standard InChI is InChI=1S/C19H21N3O2/c23-18(17-8-7-15-4-1-2-5-16(15)12-17)13-21-19(24)6-3-10-22-11-9-20-14-22/h1-2,4-5,7-9,11-12,14,18,23H,3,6,10,13H2,(H,21,24). The second-order valence-corrected chi connectivity index (χ2v) is 5.83. The minimum Gasteiger partial charge on any atom is -0.387 e. The highest BCUT2D eigenvalue weighted by atomic mass is 16.3. The molecule has 0 fully saturated rings. The first-order chi connectivity index (χ1) is 11.7. The molecule has 1 atom stereocenters. The summed E-state index contributed by atoms with van der Waals surface area (Å²) in [5.74, 6) is -0.0463. The van der Waals surface area contributed by atoms with E-state index in [2.05, 4.69) is 10.3 Å². The Morgan fingerprint density at radius 1 is 1.21 bits per heavy atom. The van der Waals surface area contributed by atoms with E-state index in [0.29, 0.717) is 6.42 Å². The molecule has 2 N–H and O–H groups in total. The van der Waals surface area contributed by atoms with Crippen LogP contribution in [0.3, 0.4) is 0 Å². The zero-order valence-electron chi connectivity index (χ0n) is 13.4. The smallest absolute Gasteiger partial charge is 0.220 e. The van der Waals surface area contributed by atoms with E-state index in [9.17, 15) is 9.90 Å². The van der Waals surface area contributed by atoms with Crippen LogP contribution in [0.25, 0.3) is 10.8 Å². The van der Waals surface area contributed by atoms with Crippen molar-refractivity contribution >= 4 is 16.7 Å². The predicted molar refractivity (Wildman–Crippen MR) is 93.4 cm³/mol. The number of aliphatic hydroxyl groups excluding tert-OH is 1. The van der Waals surface area contributed by atoms with Crippen molar-refractivity contribution in [2.75, 3.05) is 6.54 Å². The number of aryl methyl sites for hydroxylation is 1. The molecule has 3 rings (SSSR count). The van der Waals surface area contributed by atoms with Gasteiger partial charge in [0.1, 0.15) is 0 Å². The van der Waals surface area contributed by atoms with Crippen molar-refractivity contribution in [1.29, 1.82) is 0 Å². The summed E-state index contributed by atoms with van der Waals surface area (Å²) in [6.45, 7) is 0.989. The molecule has 0 spiro atoms. The van der Waals surface area contributed by atoms with E-state index in [1.165, 1.54) is 0 Å². The van der Waals surface area contributed by atoms with Gasteiger partial charge in [0.05, 0.1) is 12.4 Å². The molecule has 124 valence electrons. The Bertz CT molecular complexity index is 799. The second-order valence-electron chi connectivity index (χ2n) is 5.83. The van der Waals surface area contributed by atoms with E-state index in [1.807, 2.05) is 53.2 Å². The molecule has 0 saturated carbocycles. The summed E-state index contributed by atoms with van der Waals surface area (Å²) < 4.78 is 1.94. The second kappa shape index (κ2) is 7.75. The molecule has 5 nitrogen and oxygen atoms in total. The van der Waals surface area contributed by atoms with Crippen molar-refractivity contribution in [2.45, 2.75) is 25.5 Å². The average Bonchev–Trinajstić information content (AvgIpc) is 3.12. The molecular weight excluding hydrogens is 302 g/mol. The number of hydrogen-bond acceptors (Lipinski definition) is 3. The first kappa shape index (κ1) is 16.2. The summed E-state index contributed by atoms with van der Waals surface area (Å²) in [5.41, 5.74) is 0.812. The molecule has 3 aromatic rings. The van der Waals surface area contributed by atoms with Gasteiger partial charge < -0.3 is 15.0 Å². The van der Waals surface area contributed by atoms with E-state index < -0.39 is 6.10 Å². The number of carbonyl (C=O) groups is 1. The number of aliphatic hydroxyl groups is 1. The van der Waals surface area contributed by atoms with Crippen LogP contribution in [-0.4, -0.2) is 27.1 Å². The van der Waals surface area contributed by atoms with Gasteiger partial charge in [0, 0.05) is 31.9 Å². The summed E-state index contributed by atoms with van der Waals surface area (Å²) in [4.78, 5) is 15.8. The first-order valence-corrected chi connectivity index (χ1v) is 8.11. The Labute approximate surface area is 141 Å². The molecule has 0 aliphatic rings. The minimum absolute atomic E-state index is 0.0463. The highest BCUT2D eigenvalue weighted by Gasteiger charge is 2.10. The fraction of sp³-hybridized carbons (Fsp3) is 0.263. The Kier molecular flexibility index (Phi) is 5.23. The maximum Gasteiger partial charge on any atom is 0.220 e. The molecule has 2 aromatic carbocycles. The third-order valence-electron chi connectivity index (χ3n) is 4.03. The van der Waals surface area contributed by atoms with Crippen LogP contribution in [0.5, 0.6) is 0 Å². The van der Waals surface area contributed by atoms with Crippen LogP contribution in [0, 0.1) is 0 Å². The molecule has 1 unspecified atom stereocenters. The van der Waals surface area contributed by atoms with Gasteiger partial charge in [0.25, 0.3) is 0 Å². The number of rotatable bonds is 7. The van der Waals surface area contributed by atoms with Gasteiger partial charge in [-0.3, -0.25) is 4.79 Å². The predicted octanol–water partition coefficient (Wildman–Crippen LogP) is 2.67. The Hall–Kier alpha value is -2.66. The maximum atomic E-state index is 11.9. The number of carbonyl (C=O) groups excluding carboxylic acids is 1. The SMILES string of the molecule is O=C(CCCn1ccnc1)NCC(O)c1ccc2ccccc2c1. The molecule has 24 heavy (non-hydrogen) atoms. The van der Waals surface area contributed by atoms with Gasteiger partial charge in [-0.15, -0.1) is 0 Å². The number of hydrogen-bond donors (Lipinski definition) is 2. The molecule has 1 aromatic heterocycles. The van der Waals surface area contributed by atoms with Crippen LogP contribution in [0.2, 0.25) is 0 Å². The van der Waals surface area contributed by atoms with Crippen molar-refractivity contribution in [3.05, 3.63) is 66.7 Å². The van der Waals surface area contributed by atoms with Crippen LogP contribution in [0.4, 0.5) is 0 Å². The highest BCUT2D eigenvalue weighted by Crippen LogP contribution is 2.20. The first-order valence-electron chi connectivity index (χ1n) is 8.11. The maximum absolute atomic E-state index is 11.9. The van der Waals surface area contributed by atoms with Crippen molar-refractivity contribution < 1.29 is 9.90 Å². The van der Waals surface area contributed by atoms with E-state index in [1.54, 1.807) is 12.5 Å². The largest absolute Gasteiger partial charge is 0.387 e. The zero-order valence-corrected chi connectivity index (χ0v) is 13.4. The molecule has 1 heterocycles. The molecule has 0 radical (unpaired) electrons. The average molecular weight is 323 g/mol. The summed E-state index contributed by atoms with van der Waals surface area (Å²) in [6, 6.07) is 13.9. The lowest BCUT2D eigenvalue weighted by atomic mass is 10.0. The molecular formula is C19H21N3O2. The van der Waals surface area contributed by atoms with E-state index >= 15 is 0 Å². The fourth-order valence-corrected chi connectivity index (χ4v) is 2.67. The lowest BCUT2D eigenvalue weighted by Gasteiger charge is -2.13. The third-order valence-corrected chi connectivity index (χ3v) is 4.03. The van der Waals surface area contributed by atoms with Crippen LogP contribution in [0.1, 0.15) is 24.5 Å². The quantitative estimate of drug-likeness (QED) is 0.702. The van der Waals surface area contributed by atoms with Crippen molar-refractivity contribution in [1.82, 2.24) is 14.9 Å². The number of amides is 1. The van der Waals surface area contributed by atoms with Gasteiger partial charge in [-0.2, -0.15) is 0 Å². The van der Waals surface area contributed by atoms with Crippen molar-refractivity contribution in [3.63, 3.8) is 0 Å². The minimum atomic E-state index is -0.702. The summed E-state index contributed by atoms with van der Waals surface area (Å²) in [7, 11) is 0. The molecule has 1 amide bonds. The fourth-order valence-electron chi connectivity index (χ4n) is 2.67. The Balaban J connectivity index is 1.47. The van der Waals surface area contributed by atoms with Gasteiger partial charge in [0.15, 0.2) is 0 Å². The molecule has 5 heteroatoms. The lowest BCUT2D eigenvalue weighted by Crippen LogP contribution is -2.28. The van der Waals surface area contributed by atoms with E-state index in [4.69, 9.17) is 0 Å². The normalized spacial score (nSPS) is 12.2. The van der Waals surface area contributed by atoms with Crippen LogP contribution < -0.4 is 5.32 Å². The zero-order chi connectivity index (χ0) is 16.8. The van der Waals surface area contributed by atoms with Gasteiger partial charge in [-0.05, 0) is 28.8 Å². The number of imidazole rings is 1. The number of nitrogens with zero attached hydrogens (tertiary/aromatic N) is 2. The number of nitrogens with one attached hydrogen (secondary N) is 1. The summed E-state index contributed by atoms with van der Waals surface area (Å²) in [5, 5.41) is 15.3. The van der Waals surface area contributed by atoms with Crippen LogP contribution >= 0.6 is 0 Å². The topological polar surface area (TPSA) is 67.2 Å². The molecule has 0 bridgehead atoms. The number of benzene rings is 2. The van der Waals surface area contributed by atoms with Gasteiger partial charge in [-0.1, -0.05) is 36.4 Å². The van der Waals surface area contributed by atoms with Crippen molar-refractivity contribution in [3.8, 4) is 0 Å². The van der Waals surface area contributed by atoms with Gasteiger partial charge in [-0.25, -0.2) is 4.98 Å². The summed E-state index contributed by atoms with van der Waals surface area (Å²) >= 11 is 0. The lowest BCUT2D eigenvalue weighted by molar-refractivity contribution is -0.121. The van der Waals surface area contributed by atoms with Crippen LogP contribution in [-0.2, 0) is 11.3 Å². The number of aromatic nitrogens is 2. The van der Waals surface area contributed by atoms with Crippen molar-refractivity contribution in [2.24, 2.45) is 0 Å². The Morgan fingerprint density at radius 2 is 2.04 bits per heavy atom. The third kappa shape index (κ3) is 4.20. The van der Waals surface area contributed by atoms with Gasteiger partial charge >= 0.3 is 0 Å². The monoisotopic (exact) mass is 323 g/mol. The molecule has 0 aliphatic carbocycles. The van der Waals surface area contributed by atoms with Crippen LogP contribution in [0.15, 0.2) is 61.2 Å². The molecule has 0 saturated heterocycles. The van der Waals surface area contributed by atoms with Gasteiger partial charge in [0.2, 0.25) is 5.91 Å². The van der Waals surface area contributed by atoms with E-state index in [0.717, 1.165) is 29.3 Å². The summed E-state index contributed by atoms with van der Waals surface area (Å²) in [6.07, 6.45) is 5.81. The highest BCUT2D eigenvalue weighted by molar-refractivity contribution is 5.83. The Morgan fingerprint density at radius 3 is 2.83 bits per heavy atom. The van der Waals surface area contributed by atoms with E-state index in [-0.39, 0.29) is 12.5 Å².